The summed E-state index contributed by atoms with van der Waals surface area (Å²) in [7, 11) is 0. The molecule has 0 aliphatic rings. The average Bonchev–Trinajstić information content (AvgIpc) is 3.07. The van der Waals surface area contributed by atoms with E-state index < -0.39 is 0 Å². The van der Waals surface area contributed by atoms with Crippen molar-refractivity contribution in [3.05, 3.63) is 105 Å². The SMILES string of the molecule is Fc1ccccc1CCNCc1cn(Cc2ccc(Cl)c(Cl)c2)c2ccccc12. The van der Waals surface area contributed by atoms with Gasteiger partial charge in [0.2, 0.25) is 0 Å². The van der Waals surface area contributed by atoms with Gasteiger partial charge in [-0.15, -0.1) is 0 Å². The number of nitrogens with one attached hydrogen (secondary N) is 1. The molecule has 0 amide bonds. The second-order valence-electron chi connectivity index (χ2n) is 7.07. The molecule has 148 valence electrons. The predicted molar refractivity (Wildman–Crippen MR) is 119 cm³/mol. The van der Waals surface area contributed by atoms with Gasteiger partial charge in [0.25, 0.3) is 0 Å². The molecule has 3 aromatic carbocycles. The summed E-state index contributed by atoms with van der Waals surface area (Å²) >= 11 is 12.2. The Labute approximate surface area is 179 Å². The zero-order valence-corrected chi connectivity index (χ0v) is 17.3. The van der Waals surface area contributed by atoms with Gasteiger partial charge in [0.15, 0.2) is 0 Å². The molecule has 0 spiro atoms. The molecule has 0 fully saturated rings. The number of aromatic nitrogens is 1. The van der Waals surface area contributed by atoms with Crippen molar-refractivity contribution in [2.45, 2.75) is 19.5 Å². The van der Waals surface area contributed by atoms with Crippen LogP contribution in [0.2, 0.25) is 10.0 Å². The first-order chi connectivity index (χ1) is 14.1. The molecule has 0 bridgehead atoms. The van der Waals surface area contributed by atoms with Gasteiger partial charge in [-0.1, -0.05) is 65.7 Å². The van der Waals surface area contributed by atoms with Gasteiger partial charge in [0, 0.05) is 30.2 Å². The van der Waals surface area contributed by atoms with Crippen LogP contribution in [0.1, 0.15) is 16.7 Å². The summed E-state index contributed by atoms with van der Waals surface area (Å²) in [6.45, 7) is 2.16. The third-order valence-electron chi connectivity index (χ3n) is 5.05. The summed E-state index contributed by atoms with van der Waals surface area (Å²) in [5.74, 6) is -0.146. The molecule has 1 aromatic heterocycles. The summed E-state index contributed by atoms with van der Waals surface area (Å²) in [5, 5.41) is 5.79. The van der Waals surface area contributed by atoms with E-state index in [2.05, 4.69) is 34.3 Å². The highest BCUT2D eigenvalue weighted by atomic mass is 35.5. The largest absolute Gasteiger partial charge is 0.343 e. The molecule has 2 nitrogen and oxygen atoms in total. The van der Waals surface area contributed by atoms with E-state index >= 15 is 0 Å². The second kappa shape index (κ2) is 9.00. The molecular formula is C24H21Cl2FN2. The van der Waals surface area contributed by atoms with Gasteiger partial charge < -0.3 is 9.88 Å². The molecule has 0 saturated heterocycles. The van der Waals surface area contributed by atoms with E-state index in [0.29, 0.717) is 29.6 Å². The molecule has 1 heterocycles. The summed E-state index contributed by atoms with van der Waals surface area (Å²) in [4.78, 5) is 0. The zero-order chi connectivity index (χ0) is 20.2. The van der Waals surface area contributed by atoms with Crippen LogP contribution >= 0.6 is 23.2 Å². The standard InChI is InChI=1S/C24H21Cl2FN2/c25-21-10-9-17(13-22(21)26)15-29-16-19(20-6-2-4-8-24(20)29)14-28-12-11-18-5-1-3-7-23(18)27/h1-10,13,16,28H,11-12,14-15H2. The lowest BCUT2D eigenvalue weighted by atomic mass is 10.1. The number of halogens is 3. The Morgan fingerprint density at radius 1 is 0.862 bits per heavy atom. The molecule has 0 radical (unpaired) electrons. The smallest absolute Gasteiger partial charge is 0.126 e. The number of hydrogen-bond donors (Lipinski definition) is 1. The Hall–Kier alpha value is -2.33. The molecule has 29 heavy (non-hydrogen) atoms. The number of para-hydroxylation sites is 1. The molecule has 0 aliphatic carbocycles. The van der Waals surface area contributed by atoms with E-state index in [4.69, 9.17) is 23.2 Å². The lowest BCUT2D eigenvalue weighted by Gasteiger charge is -2.07. The average molecular weight is 427 g/mol. The minimum atomic E-state index is -0.146. The Bertz CT molecular complexity index is 1140. The van der Waals surface area contributed by atoms with Crippen LogP contribution in [0.5, 0.6) is 0 Å². The van der Waals surface area contributed by atoms with Gasteiger partial charge in [-0.05, 0) is 53.9 Å². The number of rotatable bonds is 7. The van der Waals surface area contributed by atoms with Crippen molar-refractivity contribution in [1.29, 1.82) is 0 Å². The van der Waals surface area contributed by atoms with Crippen LogP contribution in [0.25, 0.3) is 10.9 Å². The van der Waals surface area contributed by atoms with Crippen molar-refractivity contribution >= 4 is 34.1 Å². The van der Waals surface area contributed by atoms with Crippen molar-refractivity contribution in [3.63, 3.8) is 0 Å². The fourth-order valence-corrected chi connectivity index (χ4v) is 3.90. The van der Waals surface area contributed by atoms with Gasteiger partial charge in [-0.2, -0.15) is 0 Å². The summed E-state index contributed by atoms with van der Waals surface area (Å²) in [5.41, 5.74) is 4.22. The summed E-state index contributed by atoms with van der Waals surface area (Å²) < 4.78 is 16.0. The van der Waals surface area contributed by atoms with Crippen LogP contribution < -0.4 is 5.32 Å². The maximum absolute atomic E-state index is 13.8. The lowest BCUT2D eigenvalue weighted by molar-refractivity contribution is 0.598. The van der Waals surface area contributed by atoms with Crippen molar-refractivity contribution in [2.75, 3.05) is 6.54 Å². The van der Waals surface area contributed by atoms with Crippen LogP contribution in [0.4, 0.5) is 4.39 Å². The monoisotopic (exact) mass is 426 g/mol. The second-order valence-corrected chi connectivity index (χ2v) is 7.88. The first kappa shape index (κ1) is 20.0. The molecule has 4 rings (SSSR count). The molecule has 0 atom stereocenters. The number of nitrogens with zero attached hydrogens (tertiary/aromatic N) is 1. The van der Waals surface area contributed by atoms with E-state index in [9.17, 15) is 4.39 Å². The van der Waals surface area contributed by atoms with Crippen molar-refractivity contribution in [1.82, 2.24) is 9.88 Å². The lowest BCUT2D eigenvalue weighted by Crippen LogP contribution is -2.17. The Balaban J connectivity index is 1.48. The number of fused-ring (bicyclic) bond motifs is 1. The fraction of sp³-hybridized carbons (Fsp3) is 0.167. The van der Waals surface area contributed by atoms with Gasteiger partial charge in [0.1, 0.15) is 5.82 Å². The van der Waals surface area contributed by atoms with E-state index in [0.717, 1.165) is 17.7 Å². The number of hydrogen-bond acceptors (Lipinski definition) is 1. The Morgan fingerprint density at radius 2 is 1.66 bits per heavy atom. The summed E-state index contributed by atoms with van der Waals surface area (Å²) in [6.07, 6.45) is 2.83. The van der Waals surface area contributed by atoms with Gasteiger partial charge in [-0.3, -0.25) is 0 Å². The normalized spacial score (nSPS) is 11.3. The molecule has 0 aliphatic heterocycles. The number of benzene rings is 3. The third kappa shape index (κ3) is 4.64. The van der Waals surface area contributed by atoms with E-state index in [-0.39, 0.29) is 5.82 Å². The molecule has 0 unspecified atom stereocenters. The van der Waals surface area contributed by atoms with Crippen molar-refractivity contribution < 1.29 is 4.39 Å². The van der Waals surface area contributed by atoms with E-state index in [1.807, 2.05) is 36.4 Å². The maximum atomic E-state index is 13.8. The minimum absolute atomic E-state index is 0.146. The van der Waals surface area contributed by atoms with Crippen LogP contribution in [0.3, 0.4) is 0 Å². The molecule has 5 heteroatoms. The Morgan fingerprint density at radius 3 is 2.48 bits per heavy atom. The van der Waals surface area contributed by atoms with Gasteiger partial charge in [0.05, 0.1) is 10.0 Å². The molecule has 0 saturated carbocycles. The molecule has 4 aromatic rings. The Kier molecular flexibility index (Phi) is 6.19. The minimum Gasteiger partial charge on any atom is -0.343 e. The highest BCUT2D eigenvalue weighted by molar-refractivity contribution is 6.42. The van der Waals surface area contributed by atoms with E-state index in [1.165, 1.54) is 22.5 Å². The van der Waals surface area contributed by atoms with E-state index in [1.54, 1.807) is 6.07 Å². The van der Waals surface area contributed by atoms with Crippen molar-refractivity contribution in [2.24, 2.45) is 0 Å². The predicted octanol–water partition coefficient (Wildman–Crippen LogP) is 6.47. The fourth-order valence-electron chi connectivity index (χ4n) is 3.58. The topological polar surface area (TPSA) is 17.0 Å². The maximum Gasteiger partial charge on any atom is 0.126 e. The van der Waals surface area contributed by atoms with Crippen molar-refractivity contribution in [3.8, 4) is 0 Å². The highest BCUT2D eigenvalue weighted by Gasteiger charge is 2.09. The van der Waals surface area contributed by atoms with Gasteiger partial charge >= 0.3 is 0 Å². The van der Waals surface area contributed by atoms with Crippen LogP contribution in [-0.4, -0.2) is 11.1 Å². The van der Waals surface area contributed by atoms with Crippen LogP contribution in [-0.2, 0) is 19.5 Å². The third-order valence-corrected chi connectivity index (χ3v) is 5.79. The van der Waals surface area contributed by atoms with Crippen LogP contribution in [0, 0.1) is 5.82 Å². The van der Waals surface area contributed by atoms with Crippen LogP contribution in [0.15, 0.2) is 72.9 Å². The first-order valence-corrected chi connectivity index (χ1v) is 10.3. The summed E-state index contributed by atoms with van der Waals surface area (Å²) in [6, 6.07) is 21.0. The highest BCUT2D eigenvalue weighted by Crippen LogP contribution is 2.26. The molecular weight excluding hydrogens is 406 g/mol. The zero-order valence-electron chi connectivity index (χ0n) is 15.8. The first-order valence-electron chi connectivity index (χ1n) is 9.56. The van der Waals surface area contributed by atoms with Gasteiger partial charge in [-0.25, -0.2) is 4.39 Å². The molecule has 1 N–H and O–H groups in total. The quantitative estimate of drug-likeness (QED) is 0.335.